The van der Waals surface area contributed by atoms with Gasteiger partial charge in [-0.2, -0.15) is 0 Å². The van der Waals surface area contributed by atoms with Crippen LogP contribution in [0, 0.1) is 0 Å². The van der Waals surface area contributed by atoms with E-state index < -0.39 is 0 Å². The summed E-state index contributed by atoms with van der Waals surface area (Å²) in [7, 11) is 0. The molecular formula is C8H12N2O3. The molecule has 2 N–H and O–H groups in total. The van der Waals surface area contributed by atoms with Gasteiger partial charge in [0, 0.05) is 6.04 Å². The Morgan fingerprint density at radius 3 is 2.85 bits per heavy atom. The molecular weight excluding hydrogens is 172 g/mol. The second-order valence-corrected chi connectivity index (χ2v) is 3.38. The minimum atomic E-state index is -0.298. The maximum absolute atomic E-state index is 10.7. The first-order valence-electron chi connectivity index (χ1n) is 4.39. The molecule has 0 aliphatic carbocycles. The number of ether oxygens (including phenoxy) is 1. The van der Waals surface area contributed by atoms with Crippen LogP contribution in [0.1, 0.15) is 19.3 Å². The van der Waals surface area contributed by atoms with Crippen LogP contribution in [0.25, 0.3) is 0 Å². The van der Waals surface area contributed by atoms with E-state index in [-0.39, 0.29) is 24.5 Å². The molecule has 13 heavy (non-hydrogen) atoms. The predicted molar refractivity (Wildman–Crippen MR) is 45.1 cm³/mol. The van der Waals surface area contributed by atoms with Crippen LogP contribution >= 0.6 is 0 Å². The van der Waals surface area contributed by atoms with Crippen LogP contribution < -0.4 is 5.73 Å². The molecule has 0 spiro atoms. The Kier molecular flexibility index (Phi) is 2.28. The minimum Gasteiger partial charge on any atom is -0.371 e. The van der Waals surface area contributed by atoms with Crippen LogP contribution in [0.5, 0.6) is 0 Å². The molecule has 5 heteroatoms. The van der Waals surface area contributed by atoms with Crippen molar-refractivity contribution < 1.29 is 14.4 Å². The van der Waals surface area contributed by atoms with Crippen molar-refractivity contribution in [3.8, 4) is 0 Å². The summed E-state index contributed by atoms with van der Waals surface area (Å²) < 4.78 is 5.43. The average Bonchev–Trinajstić information content (AvgIpc) is 2.53. The van der Waals surface area contributed by atoms with Gasteiger partial charge in [-0.3, -0.25) is 0 Å². The Balaban J connectivity index is 1.91. The molecule has 2 atom stereocenters. The fourth-order valence-corrected chi connectivity index (χ4v) is 1.53. The van der Waals surface area contributed by atoms with Gasteiger partial charge in [0.2, 0.25) is 0 Å². The first kappa shape index (κ1) is 8.65. The topological polar surface area (TPSA) is 73.9 Å². The van der Waals surface area contributed by atoms with Crippen molar-refractivity contribution in [2.75, 3.05) is 6.61 Å². The molecule has 2 aliphatic heterocycles. The fourth-order valence-electron chi connectivity index (χ4n) is 1.53. The third-order valence-electron chi connectivity index (χ3n) is 2.27. The number of nitrogens with two attached hydrogens (primary N) is 1. The summed E-state index contributed by atoms with van der Waals surface area (Å²) >= 11 is 0. The standard InChI is InChI=1S/C8H12N2O3/c9-5-1-2-7(12-4-5)6-3-8(11)13-10-6/h5,7H,1-4,9H2/t5-,7+/m1/s1. The van der Waals surface area contributed by atoms with Gasteiger partial charge < -0.3 is 15.3 Å². The van der Waals surface area contributed by atoms with Crippen LogP contribution in [0.2, 0.25) is 0 Å². The van der Waals surface area contributed by atoms with E-state index in [1.54, 1.807) is 0 Å². The van der Waals surface area contributed by atoms with E-state index in [2.05, 4.69) is 9.99 Å². The van der Waals surface area contributed by atoms with Gasteiger partial charge >= 0.3 is 5.97 Å². The minimum absolute atomic E-state index is 0.0637. The van der Waals surface area contributed by atoms with E-state index in [1.165, 1.54) is 0 Å². The maximum Gasteiger partial charge on any atom is 0.340 e. The Hall–Kier alpha value is -0.940. The molecule has 72 valence electrons. The van der Waals surface area contributed by atoms with E-state index in [0.29, 0.717) is 12.3 Å². The van der Waals surface area contributed by atoms with Gasteiger partial charge in [-0.1, -0.05) is 5.16 Å². The largest absolute Gasteiger partial charge is 0.371 e. The van der Waals surface area contributed by atoms with Crippen LogP contribution in [0.4, 0.5) is 0 Å². The van der Waals surface area contributed by atoms with Crippen molar-refractivity contribution in [2.45, 2.75) is 31.4 Å². The molecule has 5 nitrogen and oxygen atoms in total. The van der Waals surface area contributed by atoms with Gasteiger partial charge in [-0.15, -0.1) is 0 Å². The lowest BCUT2D eigenvalue weighted by Crippen LogP contribution is -2.38. The molecule has 2 rings (SSSR count). The Bertz CT molecular complexity index is 244. The lowest BCUT2D eigenvalue weighted by atomic mass is 10.0. The molecule has 1 saturated heterocycles. The molecule has 0 unspecified atom stereocenters. The maximum atomic E-state index is 10.7. The number of hydrogen-bond acceptors (Lipinski definition) is 5. The highest BCUT2D eigenvalue weighted by Crippen LogP contribution is 2.18. The van der Waals surface area contributed by atoms with E-state index in [0.717, 1.165) is 12.8 Å². The lowest BCUT2D eigenvalue weighted by molar-refractivity contribution is -0.140. The molecule has 0 aromatic rings. The summed E-state index contributed by atoms with van der Waals surface area (Å²) in [4.78, 5) is 15.2. The summed E-state index contributed by atoms with van der Waals surface area (Å²) in [6.45, 7) is 0.540. The van der Waals surface area contributed by atoms with Crippen molar-refractivity contribution >= 4 is 11.7 Å². The third-order valence-corrected chi connectivity index (χ3v) is 2.27. The zero-order valence-corrected chi connectivity index (χ0v) is 7.23. The number of rotatable bonds is 1. The molecule has 2 aliphatic rings. The number of carbonyl (C=O) groups excluding carboxylic acids is 1. The molecule has 0 aromatic heterocycles. The smallest absolute Gasteiger partial charge is 0.340 e. The van der Waals surface area contributed by atoms with Gasteiger partial charge in [0.05, 0.1) is 24.8 Å². The van der Waals surface area contributed by atoms with Crippen LogP contribution in [0.3, 0.4) is 0 Å². The van der Waals surface area contributed by atoms with E-state index in [4.69, 9.17) is 10.5 Å². The molecule has 0 radical (unpaired) electrons. The quantitative estimate of drug-likeness (QED) is 0.572. The highest BCUT2D eigenvalue weighted by molar-refractivity contribution is 6.04. The summed E-state index contributed by atoms with van der Waals surface area (Å²) in [5.41, 5.74) is 6.37. The van der Waals surface area contributed by atoms with Crippen molar-refractivity contribution in [3.05, 3.63) is 0 Å². The number of carbonyl (C=O) groups is 1. The highest BCUT2D eigenvalue weighted by atomic mass is 16.7. The summed E-state index contributed by atoms with van der Waals surface area (Å²) in [5.74, 6) is -0.298. The van der Waals surface area contributed by atoms with Gasteiger partial charge in [-0.25, -0.2) is 4.79 Å². The summed E-state index contributed by atoms with van der Waals surface area (Å²) in [5, 5.41) is 3.67. The van der Waals surface area contributed by atoms with E-state index in [9.17, 15) is 4.79 Å². The number of nitrogens with zero attached hydrogens (tertiary/aromatic N) is 1. The first-order chi connectivity index (χ1) is 6.25. The van der Waals surface area contributed by atoms with Gasteiger partial charge in [0.15, 0.2) is 0 Å². The molecule has 0 saturated carbocycles. The van der Waals surface area contributed by atoms with Gasteiger partial charge in [0.1, 0.15) is 0 Å². The molecule has 2 heterocycles. The van der Waals surface area contributed by atoms with E-state index >= 15 is 0 Å². The second kappa shape index (κ2) is 3.43. The lowest BCUT2D eigenvalue weighted by Gasteiger charge is -2.25. The zero-order valence-electron chi connectivity index (χ0n) is 7.23. The molecule has 1 fully saturated rings. The Labute approximate surface area is 75.9 Å². The second-order valence-electron chi connectivity index (χ2n) is 3.38. The van der Waals surface area contributed by atoms with Crippen LogP contribution in [-0.4, -0.2) is 30.4 Å². The van der Waals surface area contributed by atoms with E-state index in [1.807, 2.05) is 0 Å². The van der Waals surface area contributed by atoms with Gasteiger partial charge in [-0.05, 0) is 12.8 Å². The van der Waals surface area contributed by atoms with Crippen molar-refractivity contribution in [1.82, 2.24) is 0 Å². The molecule has 0 bridgehead atoms. The van der Waals surface area contributed by atoms with Crippen LogP contribution in [0.15, 0.2) is 5.16 Å². The Morgan fingerprint density at radius 2 is 2.31 bits per heavy atom. The molecule has 0 aromatic carbocycles. The van der Waals surface area contributed by atoms with Crippen molar-refractivity contribution in [3.63, 3.8) is 0 Å². The number of oxime groups is 1. The van der Waals surface area contributed by atoms with Crippen LogP contribution in [-0.2, 0) is 14.4 Å². The summed E-state index contributed by atoms with van der Waals surface area (Å²) in [6.07, 6.45) is 1.94. The normalized spacial score (nSPS) is 34.2. The highest BCUT2D eigenvalue weighted by Gasteiger charge is 2.29. The fraction of sp³-hybridized carbons (Fsp3) is 0.750. The predicted octanol–water partition coefficient (Wildman–Crippen LogP) is -0.204. The Morgan fingerprint density at radius 1 is 1.46 bits per heavy atom. The SMILES string of the molecule is N[C@@H]1CC[C@@H](C2=NOC(=O)C2)OC1. The van der Waals surface area contributed by atoms with Crippen molar-refractivity contribution in [1.29, 1.82) is 0 Å². The summed E-state index contributed by atoms with van der Waals surface area (Å²) in [6, 6.07) is 0.120. The van der Waals surface area contributed by atoms with Crippen molar-refractivity contribution in [2.24, 2.45) is 10.9 Å². The van der Waals surface area contributed by atoms with Gasteiger partial charge in [0.25, 0.3) is 0 Å². The zero-order chi connectivity index (χ0) is 9.26. The molecule has 0 amide bonds. The third kappa shape index (κ3) is 1.87. The first-order valence-corrected chi connectivity index (χ1v) is 4.39. The monoisotopic (exact) mass is 184 g/mol. The average molecular weight is 184 g/mol. The number of hydrogen-bond donors (Lipinski definition) is 1.